The van der Waals surface area contributed by atoms with E-state index in [0.717, 1.165) is 5.75 Å². The van der Waals surface area contributed by atoms with Crippen LogP contribution in [0.15, 0.2) is 0 Å². The molecular formula is C8H17N3O2S. The van der Waals surface area contributed by atoms with Gasteiger partial charge in [0.25, 0.3) is 0 Å². The van der Waals surface area contributed by atoms with E-state index in [1.54, 1.807) is 0 Å². The van der Waals surface area contributed by atoms with Gasteiger partial charge in [0, 0.05) is 30.3 Å². The third kappa shape index (κ3) is 6.88. The lowest BCUT2D eigenvalue weighted by atomic mass is 10.4. The van der Waals surface area contributed by atoms with Gasteiger partial charge in [0.05, 0.1) is 0 Å². The predicted octanol–water partition coefficient (Wildman–Crippen LogP) is -0.241. The van der Waals surface area contributed by atoms with E-state index in [0.29, 0.717) is 12.3 Å². The number of hydrogen-bond donors (Lipinski definition) is 4. The molecule has 0 aromatic rings. The number of hydrogen-bond acceptors (Lipinski definition) is 5. The minimum atomic E-state index is -0.961. The first kappa shape index (κ1) is 13.4. The summed E-state index contributed by atoms with van der Waals surface area (Å²) in [5.74, 6) is 0.262. The Hall–Kier alpha value is -0.590. The molecule has 0 unspecified atom stereocenters. The average molecular weight is 219 g/mol. The Labute approximate surface area is 87.9 Å². The van der Waals surface area contributed by atoms with Crippen molar-refractivity contribution >= 4 is 23.9 Å². The van der Waals surface area contributed by atoms with Crippen LogP contribution in [0.25, 0.3) is 0 Å². The van der Waals surface area contributed by atoms with Crippen molar-refractivity contribution in [2.45, 2.75) is 19.0 Å². The quantitative estimate of drug-likeness (QED) is 0.422. The molecule has 5 nitrogen and oxygen atoms in total. The third-order valence-corrected chi connectivity index (χ3v) is 2.88. The Balaban J connectivity index is 3.43. The fourth-order valence-corrected chi connectivity index (χ4v) is 1.77. The van der Waals surface area contributed by atoms with Crippen LogP contribution in [-0.4, -0.2) is 47.4 Å². The number of nitrogens with two attached hydrogens (primary N) is 1. The molecule has 2 atom stereocenters. The summed E-state index contributed by atoms with van der Waals surface area (Å²) in [6, 6.07) is -0.516. The molecule has 0 saturated heterocycles. The van der Waals surface area contributed by atoms with Crippen LogP contribution in [-0.2, 0) is 4.79 Å². The lowest BCUT2D eigenvalue weighted by Crippen LogP contribution is -2.34. The lowest BCUT2D eigenvalue weighted by molar-refractivity contribution is -0.137. The second-order valence-electron chi connectivity index (χ2n) is 3.00. The highest BCUT2D eigenvalue weighted by Crippen LogP contribution is 2.04. The molecule has 5 N–H and O–H groups in total. The molecule has 0 saturated carbocycles. The molecule has 82 valence electrons. The van der Waals surface area contributed by atoms with Crippen LogP contribution < -0.4 is 11.1 Å². The molecule has 0 aliphatic carbocycles. The van der Waals surface area contributed by atoms with E-state index in [2.05, 4.69) is 5.32 Å². The molecule has 0 aliphatic heterocycles. The van der Waals surface area contributed by atoms with Gasteiger partial charge in [-0.3, -0.25) is 4.79 Å². The molecule has 0 radical (unpaired) electrons. The van der Waals surface area contributed by atoms with Crippen molar-refractivity contribution in [1.29, 1.82) is 5.41 Å². The SMILES string of the molecule is C[C@@H](CSC[C@@H](N)C(=O)O)NCC=N. The van der Waals surface area contributed by atoms with Crippen molar-refractivity contribution in [2.24, 2.45) is 5.73 Å². The number of rotatable bonds is 8. The van der Waals surface area contributed by atoms with E-state index in [1.807, 2.05) is 6.92 Å². The maximum Gasteiger partial charge on any atom is 0.321 e. The van der Waals surface area contributed by atoms with Gasteiger partial charge in [-0.2, -0.15) is 11.8 Å². The van der Waals surface area contributed by atoms with Crippen molar-refractivity contribution in [3.05, 3.63) is 0 Å². The van der Waals surface area contributed by atoms with E-state index >= 15 is 0 Å². The summed E-state index contributed by atoms with van der Waals surface area (Å²) in [5, 5.41) is 18.4. The summed E-state index contributed by atoms with van der Waals surface area (Å²) in [6.45, 7) is 2.54. The van der Waals surface area contributed by atoms with Crippen LogP contribution >= 0.6 is 11.8 Å². The van der Waals surface area contributed by atoms with E-state index < -0.39 is 12.0 Å². The zero-order valence-corrected chi connectivity index (χ0v) is 9.01. The fourth-order valence-electron chi connectivity index (χ4n) is 0.762. The van der Waals surface area contributed by atoms with Crippen molar-refractivity contribution in [3.8, 4) is 0 Å². The smallest absolute Gasteiger partial charge is 0.321 e. The standard InChI is InChI=1S/C8H17N3O2S/c1-6(11-3-2-9)4-14-5-7(10)8(12)13/h2,6-7,9,11H,3-5,10H2,1H3,(H,12,13)/t6-,7+/m0/s1. The molecule has 0 fully saturated rings. The van der Waals surface area contributed by atoms with Gasteiger partial charge in [-0.15, -0.1) is 0 Å². The van der Waals surface area contributed by atoms with Crippen LogP contribution in [0.1, 0.15) is 6.92 Å². The van der Waals surface area contributed by atoms with Gasteiger partial charge in [-0.1, -0.05) is 0 Å². The minimum Gasteiger partial charge on any atom is -0.480 e. The van der Waals surface area contributed by atoms with Gasteiger partial charge in [-0.05, 0) is 6.92 Å². The zero-order valence-electron chi connectivity index (χ0n) is 8.19. The first-order valence-corrected chi connectivity index (χ1v) is 5.51. The summed E-state index contributed by atoms with van der Waals surface area (Å²) in [4.78, 5) is 10.4. The van der Waals surface area contributed by atoms with Gasteiger partial charge in [0.2, 0.25) is 0 Å². The Morgan fingerprint density at radius 3 is 2.86 bits per heavy atom. The van der Waals surface area contributed by atoms with E-state index in [4.69, 9.17) is 16.2 Å². The number of thioether (sulfide) groups is 1. The van der Waals surface area contributed by atoms with E-state index in [1.165, 1.54) is 18.0 Å². The van der Waals surface area contributed by atoms with Crippen molar-refractivity contribution in [1.82, 2.24) is 5.32 Å². The molecule has 0 rings (SSSR count). The van der Waals surface area contributed by atoms with Crippen LogP contribution in [0.3, 0.4) is 0 Å². The first-order valence-electron chi connectivity index (χ1n) is 4.36. The highest BCUT2D eigenvalue weighted by atomic mass is 32.2. The van der Waals surface area contributed by atoms with Gasteiger partial charge in [0.1, 0.15) is 6.04 Å². The summed E-state index contributed by atoms with van der Waals surface area (Å²) in [7, 11) is 0. The Morgan fingerprint density at radius 1 is 1.71 bits per heavy atom. The van der Waals surface area contributed by atoms with E-state index in [-0.39, 0.29) is 6.04 Å². The molecule has 0 bridgehead atoms. The molecule has 0 aromatic heterocycles. The van der Waals surface area contributed by atoms with Crippen molar-refractivity contribution in [3.63, 3.8) is 0 Å². The maximum atomic E-state index is 10.4. The maximum absolute atomic E-state index is 10.4. The summed E-state index contributed by atoms with van der Waals surface area (Å²) >= 11 is 1.50. The van der Waals surface area contributed by atoms with Gasteiger partial charge >= 0.3 is 5.97 Å². The molecular weight excluding hydrogens is 202 g/mol. The number of aliphatic carboxylic acids is 1. The Kier molecular flexibility index (Phi) is 7.45. The Bertz CT molecular complexity index is 189. The Morgan fingerprint density at radius 2 is 2.36 bits per heavy atom. The normalized spacial score (nSPS) is 14.7. The third-order valence-electron chi connectivity index (χ3n) is 1.55. The van der Waals surface area contributed by atoms with Gasteiger partial charge in [0.15, 0.2) is 0 Å². The average Bonchev–Trinajstić information content (AvgIpc) is 2.14. The van der Waals surface area contributed by atoms with Gasteiger partial charge < -0.3 is 21.6 Å². The van der Waals surface area contributed by atoms with Crippen LogP contribution in [0.4, 0.5) is 0 Å². The summed E-state index contributed by atoms with van der Waals surface area (Å²) in [6.07, 6.45) is 1.30. The first-order chi connectivity index (χ1) is 6.57. The second-order valence-corrected chi connectivity index (χ2v) is 4.07. The molecule has 0 aliphatic rings. The summed E-state index contributed by atoms with van der Waals surface area (Å²) in [5.41, 5.74) is 5.33. The molecule has 0 aromatic carbocycles. The molecule has 0 amide bonds. The lowest BCUT2D eigenvalue weighted by Gasteiger charge is -2.12. The highest BCUT2D eigenvalue weighted by molar-refractivity contribution is 7.99. The minimum absolute atomic E-state index is 0.266. The predicted molar refractivity (Wildman–Crippen MR) is 59.2 cm³/mol. The van der Waals surface area contributed by atoms with Crippen LogP contribution in [0, 0.1) is 5.41 Å². The van der Waals surface area contributed by atoms with Gasteiger partial charge in [-0.25, -0.2) is 0 Å². The van der Waals surface area contributed by atoms with Crippen molar-refractivity contribution in [2.75, 3.05) is 18.1 Å². The molecule has 0 heterocycles. The molecule has 6 heteroatoms. The number of carboxylic acid groups (broad SMARTS) is 1. The highest BCUT2D eigenvalue weighted by Gasteiger charge is 2.11. The fraction of sp³-hybridized carbons (Fsp3) is 0.750. The molecule has 14 heavy (non-hydrogen) atoms. The zero-order chi connectivity index (χ0) is 11.0. The topological polar surface area (TPSA) is 99.2 Å². The van der Waals surface area contributed by atoms with E-state index in [9.17, 15) is 4.79 Å². The molecule has 0 spiro atoms. The second kappa shape index (κ2) is 7.78. The number of carboxylic acids is 1. The number of carbonyl (C=O) groups is 1. The monoisotopic (exact) mass is 219 g/mol. The largest absolute Gasteiger partial charge is 0.480 e. The van der Waals surface area contributed by atoms with Crippen LogP contribution in [0.5, 0.6) is 0 Å². The van der Waals surface area contributed by atoms with Crippen molar-refractivity contribution < 1.29 is 9.90 Å². The number of nitrogens with one attached hydrogen (secondary N) is 2. The summed E-state index contributed by atoms with van der Waals surface area (Å²) < 4.78 is 0. The van der Waals surface area contributed by atoms with Crippen LogP contribution in [0.2, 0.25) is 0 Å².